The van der Waals surface area contributed by atoms with Crippen LogP contribution in [-0.4, -0.2) is 19.7 Å². The third-order valence-corrected chi connectivity index (χ3v) is 2.99. The number of rotatable bonds is 11. The van der Waals surface area contributed by atoms with E-state index in [1.165, 1.54) is 7.11 Å². The van der Waals surface area contributed by atoms with Gasteiger partial charge in [-0.2, -0.15) is 0 Å². The van der Waals surface area contributed by atoms with Gasteiger partial charge < -0.3 is 15.2 Å². The Balaban J connectivity index is 0. The van der Waals surface area contributed by atoms with Crippen LogP contribution < -0.4 is 5.73 Å². The fourth-order valence-corrected chi connectivity index (χ4v) is 1.80. The zero-order valence-electron chi connectivity index (χ0n) is 16.6. The van der Waals surface area contributed by atoms with Gasteiger partial charge in [0, 0.05) is 18.2 Å². The monoisotopic (exact) mass is 359 g/mol. The van der Waals surface area contributed by atoms with E-state index in [9.17, 15) is 4.79 Å². The van der Waals surface area contributed by atoms with Crippen LogP contribution in [0.1, 0.15) is 46.5 Å². The van der Waals surface area contributed by atoms with Crippen molar-refractivity contribution in [2.24, 2.45) is 5.73 Å². The van der Waals surface area contributed by atoms with Gasteiger partial charge in [0.1, 0.15) is 6.61 Å². The van der Waals surface area contributed by atoms with Crippen molar-refractivity contribution in [1.82, 2.24) is 0 Å². The average molecular weight is 360 g/mol. The molecule has 0 fully saturated rings. The summed E-state index contributed by atoms with van der Waals surface area (Å²) in [4.78, 5) is 11.0. The Morgan fingerprint density at radius 3 is 2.54 bits per heavy atom. The van der Waals surface area contributed by atoms with E-state index in [0.29, 0.717) is 24.5 Å². The highest BCUT2D eigenvalue weighted by Crippen LogP contribution is 2.07. The van der Waals surface area contributed by atoms with Crippen LogP contribution in [0.25, 0.3) is 0 Å². The van der Waals surface area contributed by atoms with E-state index in [4.69, 9.17) is 16.9 Å². The van der Waals surface area contributed by atoms with Gasteiger partial charge in [0.05, 0.1) is 7.11 Å². The standard InChI is InChI=1S/C20H27NO3.C2H6/c1-5-11-17(12-6-2)16-24-19(7-3)15-18(21)13-9-8-10-14-20(22)23-4;1-2/h3,5-6,11-13,15H,1,8-10,14,16,21H2,2,4H3;1-2H3/b12-6-,17-11+,18-13?,19-15+;. The first-order valence-electron chi connectivity index (χ1n) is 8.85. The van der Waals surface area contributed by atoms with E-state index in [1.54, 1.807) is 12.2 Å². The molecule has 0 atom stereocenters. The number of methoxy groups -OCH3 is 1. The van der Waals surface area contributed by atoms with Crippen molar-refractivity contribution in [3.63, 3.8) is 0 Å². The molecule has 0 bridgehead atoms. The molecule has 0 aliphatic heterocycles. The summed E-state index contributed by atoms with van der Waals surface area (Å²) in [5.41, 5.74) is 7.42. The molecular weight excluding hydrogens is 326 g/mol. The summed E-state index contributed by atoms with van der Waals surface area (Å²) in [7, 11) is 1.39. The van der Waals surface area contributed by atoms with Gasteiger partial charge in [0.25, 0.3) is 0 Å². The molecule has 4 nitrogen and oxygen atoms in total. The third-order valence-electron chi connectivity index (χ3n) is 2.99. The van der Waals surface area contributed by atoms with Gasteiger partial charge in [0.15, 0.2) is 5.76 Å². The Bertz CT molecular complexity index is 560. The number of hydrogen-bond acceptors (Lipinski definition) is 4. The Morgan fingerprint density at radius 2 is 2.00 bits per heavy atom. The quantitative estimate of drug-likeness (QED) is 0.189. The molecule has 0 heterocycles. The van der Waals surface area contributed by atoms with E-state index in [-0.39, 0.29) is 5.97 Å². The van der Waals surface area contributed by atoms with Gasteiger partial charge >= 0.3 is 5.97 Å². The summed E-state index contributed by atoms with van der Waals surface area (Å²) in [6.45, 7) is 9.94. The summed E-state index contributed by atoms with van der Waals surface area (Å²) in [6, 6.07) is 0. The molecule has 0 aromatic carbocycles. The average Bonchev–Trinajstić information content (AvgIpc) is 2.66. The SMILES string of the molecule is C#C/C(=C\C(N)=CCCCCC(=O)OC)OCC(/C=C\C)=C/C=C.CC. The smallest absolute Gasteiger partial charge is 0.305 e. The van der Waals surface area contributed by atoms with E-state index >= 15 is 0 Å². The molecular formula is C22H33NO3. The van der Waals surface area contributed by atoms with Crippen molar-refractivity contribution in [2.75, 3.05) is 13.7 Å². The number of terminal acetylenes is 1. The summed E-state index contributed by atoms with van der Waals surface area (Å²) in [6.07, 6.45) is 19.1. The molecule has 0 aromatic rings. The molecule has 0 rings (SSSR count). The van der Waals surface area contributed by atoms with E-state index in [2.05, 4.69) is 17.2 Å². The summed E-state index contributed by atoms with van der Waals surface area (Å²) >= 11 is 0. The first-order valence-corrected chi connectivity index (χ1v) is 8.85. The predicted octanol–water partition coefficient (Wildman–Crippen LogP) is 4.81. The van der Waals surface area contributed by atoms with Gasteiger partial charge in [-0.05, 0) is 37.7 Å². The fourth-order valence-electron chi connectivity index (χ4n) is 1.80. The van der Waals surface area contributed by atoms with Crippen LogP contribution in [-0.2, 0) is 14.3 Å². The Hall–Kier alpha value is -2.67. The van der Waals surface area contributed by atoms with Crippen LogP contribution in [0, 0.1) is 12.3 Å². The molecule has 0 aliphatic carbocycles. The third kappa shape index (κ3) is 14.9. The lowest BCUT2D eigenvalue weighted by atomic mass is 10.1. The second kappa shape index (κ2) is 18.7. The number of carbonyl (C=O) groups is 1. The van der Waals surface area contributed by atoms with Crippen LogP contribution in [0.3, 0.4) is 0 Å². The minimum absolute atomic E-state index is 0.195. The maximum atomic E-state index is 11.0. The molecule has 26 heavy (non-hydrogen) atoms. The fraction of sp³-hybridized carbons (Fsp3) is 0.409. The highest BCUT2D eigenvalue weighted by molar-refractivity contribution is 5.68. The predicted molar refractivity (Wildman–Crippen MR) is 110 cm³/mol. The summed E-state index contributed by atoms with van der Waals surface area (Å²) in [5, 5.41) is 0. The summed E-state index contributed by atoms with van der Waals surface area (Å²) in [5.74, 6) is 2.65. The zero-order valence-corrected chi connectivity index (χ0v) is 16.6. The molecule has 0 amide bonds. The van der Waals surface area contributed by atoms with Crippen molar-refractivity contribution in [2.45, 2.75) is 46.5 Å². The topological polar surface area (TPSA) is 61.6 Å². The second-order valence-electron chi connectivity index (χ2n) is 4.94. The van der Waals surface area contributed by atoms with Gasteiger partial charge in [-0.25, -0.2) is 0 Å². The number of allylic oxidation sites excluding steroid dienone is 6. The lowest BCUT2D eigenvalue weighted by Crippen LogP contribution is -2.00. The van der Waals surface area contributed by atoms with Crippen LogP contribution in [0.5, 0.6) is 0 Å². The Labute approximate surface area is 159 Å². The molecule has 0 saturated carbocycles. The molecule has 2 N–H and O–H groups in total. The second-order valence-corrected chi connectivity index (χ2v) is 4.94. The molecule has 4 heteroatoms. The molecule has 0 spiro atoms. The molecule has 0 radical (unpaired) electrons. The maximum Gasteiger partial charge on any atom is 0.305 e. The Morgan fingerprint density at radius 1 is 1.31 bits per heavy atom. The number of esters is 1. The van der Waals surface area contributed by atoms with Crippen LogP contribution >= 0.6 is 0 Å². The molecule has 0 unspecified atom stereocenters. The highest BCUT2D eigenvalue weighted by Gasteiger charge is 1.99. The van der Waals surface area contributed by atoms with Gasteiger partial charge in [-0.1, -0.05) is 50.8 Å². The molecule has 0 aliphatic rings. The first kappa shape index (κ1) is 25.6. The lowest BCUT2D eigenvalue weighted by molar-refractivity contribution is -0.140. The van der Waals surface area contributed by atoms with Gasteiger partial charge in [-0.15, -0.1) is 6.42 Å². The van der Waals surface area contributed by atoms with Crippen molar-refractivity contribution in [3.05, 3.63) is 60.1 Å². The van der Waals surface area contributed by atoms with E-state index in [0.717, 1.165) is 24.8 Å². The molecule has 0 saturated heterocycles. The van der Waals surface area contributed by atoms with Crippen LogP contribution in [0.2, 0.25) is 0 Å². The number of nitrogens with two attached hydrogens (primary N) is 1. The van der Waals surface area contributed by atoms with Crippen molar-refractivity contribution < 1.29 is 14.3 Å². The molecule has 144 valence electrons. The number of ether oxygens (including phenoxy) is 2. The summed E-state index contributed by atoms with van der Waals surface area (Å²) < 4.78 is 10.2. The number of hydrogen-bond donors (Lipinski definition) is 1. The van der Waals surface area contributed by atoms with Gasteiger partial charge in [-0.3, -0.25) is 4.79 Å². The maximum absolute atomic E-state index is 11.0. The zero-order chi connectivity index (χ0) is 20.2. The normalized spacial score (nSPS) is 12.0. The lowest BCUT2D eigenvalue weighted by Gasteiger charge is -2.06. The van der Waals surface area contributed by atoms with Crippen molar-refractivity contribution in [3.8, 4) is 12.3 Å². The minimum Gasteiger partial charge on any atom is -0.481 e. The van der Waals surface area contributed by atoms with Crippen molar-refractivity contribution in [1.29, 1.82) is 0 Å². The van der Waals surface area contributed by atoms with Crippen LogP contribution in [0.15, 0.2) is 60.1 Å². The van der Waals surface area contributed by atoms with Gasteiger partial charge in [0.2, 0.25) is 0 Å². The minimum atomic E-state index is -0.195. The largest absolute Gasteiger partial charge is 0.481 e. The van der Waals surface area contributed by atoms with E-state index < -0.39 is 0 Å². The number of unbranched alkanes of at least 4 members (excludes halogenated alkanes) is 2. The first-order chi connectivity index (χ1) is 12.6. The highest BCUT2D eigenvalue weighted by atomic mass is 16.5. The molecule has 0 aromatic heterocycles. The Kier molecular flexibility index (Phi) is 18.4. The number of carbonyl (C=O) groups excluding carboxylic acids is 1. The van der Waals surface area contributed by atoms with Crippen molar-refractivity contribution >= 4 is 5.97 Å². The van der Waals surface area contributed by atoms with Crippen LogP contribution in [0.4, 0.5) is 0 Å². The van der Waals surface area contributed by atoms with E-state index in [1.807, 2.05) is 45.1 Å².